The van der Waals surface area contributed by atoms with E-state index in [0.717, 1.165) is 23.2 Å². The summed E-state index contributed by atoms with van der Waals surface area (Å²) in [5.41, 5.74) is 0. The quantitative estimate of drug-likeness (QED) is 0.746. The number of imide groups is 1. The maximum absolute atomic E-state index is 12.1. The van der Waals surface area contributed by atoms with E-state index in [2.05, 4.69) is 5.32 Å². The third-order valence-electron chi connectivity index (χ3n) is 4.24. The minimum Gasteiger partial charge on any atom is -0.354 e. The molecule has 3 fully saturated rings. The van der Waals surface area contributed by atoms with E-state index in [0.29, 0.717) is 12.5 Å². The Labute approximate surface area is 132 Å². The largest absolute Gasteiger partial charge is 0.354 e. The lowest BCUT2D eigenvalue weighted by molar-refractivity contribution is -0.129. The van der Waals surface area contributed by atoms with Crippen molar-refractivity contribution in [2.24, 2.45) is 11.8 Å². The van der Waals surface area contributed by atoms with Gasteiger partial charge in [-0.2, -0.15) is 0 Å². The third-order valence-corrected chi connectivity index (χ3v) is 5.09. The summed E-state index contributed by atoms with van der Waals surface area (Å²) in [7, 11) is 0. The Hall–Kier alpha value is -1.57. The molecule has 0 spiro atoms. The molecule has 0 aromatic heterocycles. The summed E-state index contributed by atoms with van der Waals surface area (Å²) in [5.74, 6) is 0.156. The molecule has 2 aliphatic heterocycles. The average Bonchev–Trinajstić information content (AvgIpc) is 3.15. The van der Waals surface area contributed by atoms with Gasteiger partial charge in [0.15, 0.2) is 0 Å². The summed E-state index contributed by atoms with van der Waals surface area (Å²) in [6, 6.07) is 0. The Bertz CT molecular complexity index is 504. The van der Waals surface area contributed by atoms with Crippen molar-refractivity contribution in [2.45, 2.75) is 19.3 Å². The van der Waals surface area contributed by atoms with Crippen LogP contribution in [0.4, 0.5) is 4.79 Å². The zero-order valence-corrected chi connectivity index (χ0v) is 13.1. The van der Waals surface area contributed by atoms with E-state index in [4.69, 9.17) is 0 Å². The van der Waals surface area contributed by atoms with Crippen molar-refractivity contribution in [1.29, 1.82) is 0 Å². The van der Waals surface area contributed by atoms with E-state index in [1.165, 1.54) is 12.8 Å². The van der Waals surface area contributed by atoms with E-state index in [9.17, 15) is 19.2 Å². The van der Waals surface area contributed by atoms with Crippen LogP contribution >= 0.6 is 11.8 Å². The molecular weight excluding hydrogens is 306 g/mol. The van der Waals surface area contributed by atoms with Crippen LogP contribution in [0.3, 0.4) is 0 Å². The Balaban J connectivity index is 1.41. The van der Waals surface area contributed by atoms with Crippen LogP contribution < -0.4 is 5.32 Å². The molecule has 1 atom stereocenters. The van der Waals surface area contributed by atoms with Crippen LogP contribution in [0.25, 0.3) is 0 Å². The van der Waals surface area contributed by atoms with Gasteiger partial charge in [-0.1, -0.05) is 11.8 Å². The number of hydrogen-bond donors (Lipinski definition) is 1. The lowest BCUT2D eigenvalue weighted by Gasteiger charge is -2.17. The van der Waals surface area contributed by atoms with Gasteiger partial charge in [0.2, 0.25) is 17.7 Å². The van der Waals surface area contributed by atoms with Gasteiger partial charge in [0, 0.05) is 32.6 Å². The molecule has 3 aliphatic rings. The fraction of sp³-hybridized carbons (Fsp3) is 0.714. The van der Waals surface area contributed by atoms with Gasteiger partial charge < -0.3 is 10.2 Å². The van der Waals surface area contributed by atoms with Crippen molar-refractivity contribution in [3.63, 3.8) is 0 Å². The predicted octanol–water partition coefficient (Wildman–Crippen LogP) is 0.0565. The smallest absolute Gasteiger partial charge is 0.288 e. The Kier molecular flexibility index (Phi) is 4.37. The second kappa shape index (κ2) is 6.28. The Morgan fingerprint density at radius 2 is 2.00 bits per heavy atom. The predicted molar refractivity (Wildman–Crippen MR) is 80.0 cm³/mol. The van der Waals surface area contributed by atoms with Gasteiger partial charge in [-0.15, -0.1) is 0 Å². The molecule has 1 saturated carbocycles. The summed E-state index contributed by atoms with van der Waals surface area (Å²) < 4.78 is 0. The van der Waals surface area contributed by atoms with Crippen molar-refractivity contribution in [3.8, 4) is 0 Å². The molecule has 120 valence electrons. The van der Waals surface area contributed by atoms with Crippen LogP contribution in [0.2, 0.25) is 0 Å². The molecule has 8 heteroatoms. The number of nitrogens with zero attached hydrogens (tertiary/aromatic N) is 2. The third kappa shape index (κ3) is 3.43. The molecule has 1 aliphatic carbocycles. The number of amides is 4. The Morgan fingerprint density at radius 1 is 1.23 bits per heavy atom. The Morgan fingerprint density at radius 3 is 2.64 bits per heavy atom. The summed E-state index contributed by atoms with van der Waals surface area (Å²) >= 11 is 0.983. The molecule has 0 aromatic carbocycles. The SMILES string of the molecule is O=C(NCCN1C(=O)CSC1=O)[C@@H]1CC(=O)N(CC2CC2)C1. The first-order valence-corrected chi connectivity index (χ1v) is 8.55. The van der Waals surface area contributed by atoms with Gasteiger partial charge in [0.1, 0.15) is 0 Å². The molecule has 2 saturated heterocycles. The molecule has 7 nitrogen and oxygen atoms in total. The number of carbonyl (C=O) groups is 4. The normalized spacial score (nSPS) is 25.3. The molecule has 2 heterocycles. The minimum atomic E-state index is -0.314. The molecule has 0 radical (unpaired) electrons. The summed E-state index contributed by atoms with van der Waals surface area (Å²) in [6.45, 7) is 1.70. The number of nitrogens with one attached hydrogen (secondary N) is 1. The van der Waals surface area contributed by atoms with Crippen LogP contribution in [0.15, 0.2) is 0 Å². The molecule has 0 bridgehead atoms. The van der Waals surface area contributed by atoms with Gasteiger partial charge in [-0.25, -0.2) is 0 Å². The molecule has 3 rings (SSSR count). The van der Waals surface area contributed by atoms with Gasteiger partial charge in [0.25, 0.3) is 5.24 Å². The van der Waals surface area contributed by atoms with Crippen LogP contribution in [-0.4, -0.2) is 64.7 Å². The maximum atomic E-state index is 12.1. The van der Waals surface area contributed by atoms with E-state index in [-0.39, 0.29) is 54.1 Å². The number of carbonyl (C=O) groups excluding carboxylic acids is 4. The second-order valence-corrected chi connectivity index (χ2v) is 6.96. The van der Waals surface area contributed by atoms with Gasteiger partial charge in [-0.3, -0.25) is 24.1 Å². The standard InChI is InChI=1S/C14H19N3O4S/c18-11-5-10(7-16(11)6-9-1-2-9)13(20)15-3-4-17-12(19)8-22-14(17)21/h9-10H,1-8H2,(H,15,20)/t10-/m1/s1. The number of likely N-dealkylation sites (tertiary alicyclic amines) is 1. The lowest BCUT2D eigenvalue weighted by atomic mass is 10.1. The first-order chi connectivity index (χ1) is 10.5. The molecule has 4 amide bonds. The zero-order chi connectivity index (χ0) is 15.7. The highest BCUT2D eigenvalue weighted by molar-refractivity contribution is 8.14. The fourth-order valence-electron chi connectivity index (χ4n) is 2.77. The molecular formula is C14H19N3O4S. The van der Waals surface area contributed by atoms with Crippen molar-refractivity contribution in [2.75, 3.05) is 31.9 Å². The van der Waals surface area contributed by atoms with Gasteiger partial charge in [0.05, 0.1) is 11.7 Å². The van der Waals surface area contributed by atoms with Crippen LogP contribution in [0.5, 0.6) is 0 Å². The summed E-state index contributed by atoms with van der Waals surface area (Å²) in [6.07, 6.45) is 2.61. The number of rotatable bonds is 6. The second-order valence-electron chi connectivity index (χ2n) is 6.03. The van der Waals surface area contributed by atoms with E-state index < -0.39 is 0 Å². The first kappa shape index (κ1) is 15.3. The van der Waals surface area contributed by atoms with Crippen molar-refractivity contribution < 1.29 is 19.2 Å². The zero-order valence-electron chi connectivity index (χ0n) is 12.2. The van der Waals surface area contributed by atoms with Crippen molar-refractivity contribution in [3.05, 3.63) is 0 Å². The fourth-order valence-corrected chi connectivity index (χ4v) is 3.52. The van der Waals surface area contributed by atoms with Crippen LogP contribution in [-0.2, 0) is 14.4 Å². The molecule has 0 aromatic rings. The molecule has 0 unspecified atom stereocenters. The van der Waals surface area contributed by atoms with E-state index in [1.807, 2.05) is 0 Å². The summed E-state index contributed by atoms with van der Waals surface area (Å²) in [5, 5.41) is 2.47. The van der Waals surface area contributed by atoms with Crippen molar-refractivity contribution in [1.82, 2.24) is 15.1 Å². The van der Waals surface area contributed by atoms with Gasteiger partial charge >= 0.3 is 0 Å². The molecule has 22 heavy (non-hydrogen) atoms. The van der Waals surface area contributed by atoms with E-state index in [1.54, 1.807) is 4.90 Å². The van der Waals surface area contributed by atoms with Gasteiger partial charge in [-0.05, 0) is 18.8 Å². The number of thioether (sulfide) groups is 1. The highest BCUT2D eigenvalue weighted by Crippen LogP contribution is 2.32. The van der Waals surface area contributed by atoms with Crippen LogP contribution in [0.1, 0.15) is 19.3 Å². The maximum Gasteiger partial charge on any atom is 0.288 e. The highest BCUT2D eigenvalue weighted by Gasteiger charge is 2.37. The molecule has 1 N–H and O–H groups in total. The lowest BCUT2D eigenvalue weighted by Crippen LogP contribution is -2.40. The monoisotopic (exact) mass is 325 g/mol. The average molecular weight is 325 g/mol. The first-order valence-electron chi connectivity index (χ1n) is 7.57. The van der Waals surface area contributed by atoms with E-state index >= 15 is 0 Å². The highest BCUT2D eigenvalue weighted by atomic mass is 32.2. The topological polar surface area (TPSA) is 86.8 Å². The van der Waals surface area contributed by atoms with Crippen LogP contribution in [0, 0.1) is 11.8 Å². The minimum absolute atomic E-state index is 0.0494. The summed E-state index contributed by atoms with van der Waals surface area (Å²) in [4.78, 5) is 49.7. The van der Waals surface area contributed by atoms with Crippen molar-refractivity contribution >= 4 is 34.7 Å². The number of hydrogen-bond acceptors (Lipinski definition) is 5.